The Morgan fingerprint density at radius 1 is 0.667 bits per heavy atom. The van der Waals surface area contributed by atoms with Crippen molar-refractivity contribution in [2.45, 2.75) is 0 Å². The summed E-state index contributed by atoms with van der Waals surface area (Å²) in [5.41, 5.74) is 0. The molecule has 10 nitrogen and oxygen atoms in total. The van der Waals surface area contributed by atoms with E-state index in [9.17, 15) is 0 Å². The quantitative estimate of drug-likeness (QED) is 0.396. The zero-order chi connectivity index (χ0) is 4.50. The number of rotatable bonds is 0. The van der Waals surface area contributed by atoms with Crippen molar-refractivity contribution in [2.75, 3.05) is 0 Å². The monoisotopic (exact) mass is 250 g/mol. The Morgan fingerprint density at radius 2 is 0.667 bits per heavy atom. The van der Waals surface area contributed by atoms with Gasteiger partial charge in [0, 0.05) is 0 Å². The molecule has 12 heteroatoms. The average Bonchev–Trinajstić information content (AvgIpc) is 0.722. The molecule has 0 saturated carbocycles. The van der Waals surface area contributed by atoms with E-state index in [0.29, 0.717) is 0 Å². The first-order chi connectivity index (χ1) is 2.00. The first-order valence-electron chi connectivity index (χ1n) is 0.698. The van der Waals surface area contributed by atoms with Gasteiger partial charge in [0.15, 0.2) is 0 Å². The molecule has 0 aromatic heterocycles. The maximum atomic E-state index is 8.82. The number of hydrogen-bond donors (Lipinski definition) is 2. The molecule has 14 N–H and O–H groups in total. The molecule has 0 rings (SSSR count). The van der Waals surface area contributed by atoms with Crippen LogP contribution in [0.25, 0.3) is 0 Å². The van der Waals surface area contributed by atoms with Gasteiger partial charge >= 0.3 is 59.1 Å². The van der Waals surface area contributed by atoms with Gasteiger partial charge in [-0.3, -0.25) is 0 Å². The third kappa shape index (κ3) is 1580. The van der Waals surface area contributed by atoms with Gasteiger partial charge in [0.25, 0.3) is 0 Å². The molecule has 0 aromatic rings. The third-order valence-corrected chi connectivity index (χ3v) is 0. The summed E-state index contributed by atoms with van der Waals surface area (Å²) in [6, 6.07) is 0. The fourth-order valence-corrected chi connectivity index (χ4v) is 0. The fraction of sp³-hybridized carbons (Fsp3) is 0. The van der Waals surface area contributed by atoms with Gasteiger partial charge in [0.1, 0.15) is 0 Å². The van der Waals surface area contributed by atoms with Crippen LogP contribution in [0.2, 0.25) is 0 Å². The summed E-state index contributed by atoms with van der Waals surface area (Å²) < 4.78 is 31.9. The molecule has 0 heterocycles. The van der Waals surface area contributed by atoms with E-state index in [-0.39, 0.29) is 62.4 Å². The van der Waals surface area contributed by atoms with Crippen LogP contribution in [0.15, 0.2) is 0 Å². The molecule has 0 atom stereocenters. The Hall–Kier alpha value is 0.812. The third-order valence-electron chi connectivity index (χ3n) is 0. The van der Waals surface area contributed by atoms with Crippen LogP contribution in [0.1, 0.15) is 0 Å². The molecule has 0 radical (unpaired) electrons. The molecule has 0 unspecified atom stereocenters. The predicted octanol–water partition coefficient (Wildman–Crippen LogP) is -6.95. The molecule has 0 aromatic carbocycles. The van der Waals surface area contributed by atoms with Crippen LogP contribution in [-0.4, -0.2) is 70.7 Å². The second kappa shape index (κ2) is 29.8. The molecule has 0 spiro atoms. The van der Waals surface area contributed by atoms with Gasteiger partial charge in [-0.15, -0.1) is 0 Å². The van der Waals surface area contributed by atoms with Gasteiger partial charge in [-0.2, -0.15) is 0 Å². The van der Waals surface area contributed by atoms with Crippen molar-refractivity contribution in [2.24, 2.45) is 0 Å². The van der Waals surface area contributed by atoms with E-state index >= 15 is 0 Å². The van der Waals surface area contributed by atoms with E-state index in [1.807, 2.05) is 0 Å². The minimum atomic E-state index is -5.25. The summed E-state index contributed by atoms with van der Waals surface area (Å²) >= 11 is -5.25. The second-order valence-corrected chi connectivity index (χ2v) is 1.85. The molecule has 12 heavy (non-hydrogen) atoms. The Kier molecular flexibility index (Phi) is 191. The Labute approximate surface area is 91.7 Å². The maximum absolute atomic E-state index is 8.82. The van der Waals surface area contributed by atoms with Crippen LogP contribution >= 0.6 is 0 Å². The normalized spacial score (nSPS) is 4.83. The SMILES string of the molecule is O.O.O.O.O.O.[NaH].[O]=[Cr](=[O])([OH])[OH]. The van der Waals surface area contributed by atoms with Crippen molar-refractivity contribution < 1.29 is 62.4 Å². The molecule has 0 saturated heterocycles. The van der Waals surface area contributed by atoms with Gasteiger partial charge in [-0.25, -0.2) is 0 Å². The molecule has 82 valence electrons. The van der Waals surface area contributed by atoms with Gasteiger partial charge in [0.2, 0.25) is 0 Å². The van der Waals surface area contributed by atoms with Gasteiger partial charge in [-0.05, 0) is 0 Å². The second-order valence-electron chi connectivity index (χ2n) is 0.448. The summed E-state index contributed by atoms with van der Waals surface area (Å²) in [5, 5.41) is 0. The molecular formula is H15CrNaO10. The van der Waals surface area contributed by atoms with Crippen LogP contribution in [-0.2, 0) is 21.2 Å². The average molecular weight is 250 g/mol. The topological polar surface area (TPSA) is 264 Å². The zero-order valence-electron chi connectivity index (χ0n) is 5.12. The van der Waals surface area contributed by atoms with E-state index in [1.54, 1.807) is 0 Å². The van der Waals surface area contributed by atoms with Crippen LogP contribution in [0.5, 0.6) is 0 Å². The van der Waals surface area contributed by atoms with Crippen LogP contribution in [0.4, 0.5) is 0 Å². The van der Waals surface area contributed by atoms with Crippen molar-refractivity contribution in [3.8, 4) is 0 Å². The molecule has 0 aliphatic carbocycles. The van der Waals surface area contributed by atoms with Gasteiger partial charge < -0.3 is 32.9 Å². The van der Waals surface area contributed by atoms with Crippen LogP contribution < -0.4 is 0 Å². The van der Waals surface area contributed by atoms with Crippen molar-refractivity contribution in [3.05, 3.63) is 0 Å². The molecule has 0 aliphatic rings. The molecular weight excluding hydrogens is 235 g/mol. The summed E-state index contributed by atoms with van der Waals surface area (Å²) in [6.45, 7) is 0. The van der Waals surface area contributed by atoms with Crippen molar-refractivity contribution >= 4 is 29.6 Å². The first kappa shape index (κ1) is 77.2. The van der Waals surface area contributed by atoms with Gasteiger partial charge in [0.05, 0.1) is 0 Å². The molecule has 0 fully saturated rings. The van der Waals surface area contributed by atoms with Crippen molar-refractivity contribution in [3.63, 3.8) is 0 Å². The molecule has 0 bridgehead atoms. The van der Waals surface area contributed by atoms with Crippen molar-refractivity contribution in [1.29, 1.82) is 0 Å². The Bertz CT molecular complexity index is 93.0. The van der Waals surface area contributed by atoms with Gasteiger partial charge in [-0.1, -0.05) is 0 Å². The van der Waals surface area contributed by atoms with E-state index in [2.05, 4.69) is 0 Å². The fourth-order valence-electron chi connectivity index (χ4n) is 0. The summed E-state index contributed by atoms with van der Waals surface area (Å²) in [4.78, 5) is 0. The Morgan fingerprint density at radius 3 is 0.667 bits per heavy atom. The van der Waals surface area contributed by atoms with E-state index < -0.39 is 13.6 Å². The van der Waals surface area contributed by atoms with E-state index in [0.717, 1.165) is 0 Å². The van der Waals surface area contributed by atoms with E-state index in [4.69, 9.17) is 15.9 Å². The van der Waals surface area contributed by atoms with Crippen LogP contribution in [0, 0.1) is 0 Å². The minimum absolute atomic E-state index is 0. The molecule has 0 amide bonds. The number of hydrogen-bond acceptors (Lipinski definition) is 2. The zero-order valence-corrected chi connectivity index (χ0v) is 6.39. The summed E-state index contributed by atoms with van der Waals surface area (Å²) in [6.07, 6.45) is 0. The Balaban J connectivity index is -0.00000000381. The molecule has 0 aliphatic heterocycles. The van der Waals surface area contributed by atoms with E-state index in [1.165, 1.54) is 0 Å². The predicted molar refractivity (Wildman–Crippen MR) is 34.6 cm³/mol. The standard InChI is InChI=1S/Cr.Na.8H2O.2O.H/h;;8*1H2;;;/q+2;;;;;;;;;;;;/p-2. The van der Waals surface area contributed by atoms with Crippen molar-refractivity contribution in [1.82, 2.24) is 0 Å². The summed E-state index contributed by atoms with van der Waals surface area (Å²) in [7, 11) is 0. The van der Waals surface area contributed by atoms with Crippen LogP contribution in [0.3, 0.4) is 0 Å². The summed E-state index contributed by atoms with van der Waals surface area (Å²) in [5.74, 6) is 0. The first-order valence-corrected chi connectivity index (χ1v) is 2.88.